The Morgan fingerprint density at radius 2 is 2.08 bits per heavy atom. The van der Waals surface area contributed by atoms with Gasteiger partial charge < -0.3 is 0 Å². The molecule has 0 heterocycles. The molecule has 0 saturated heterocycles. The number of carbonyl (C=O) groups excluding carboxylic acids is 1. The lowest BCUT2D eigenvalue weighted by Gasteiger charge is -2.00. The number of alkyl halides is 1. The molecule has 0 spiro atoms. The maximum Gasteiger partial charge on any atom is 0.178 e. The van der Waals surface area contributed by atoms with E-state index < -0.39 is 0 Å². The molecular weight excluding hydrogens is 307 g/mol. The molecular formula is C8H5Br2ClO. The Hall–Kier alpha value is 0.140. The molecule has 0 aromatic heterocycles. The van der Waals surface area contributed by atoms with Gasteiger partial charge in [-0.05, 0) is 18.2 Å². The van der Waals surface area contributed by atoms with Gasteiger partial charge in [-0.1, -0.05) is 31.9 Å². The van der Waals surface area contributed by atoms with Crippen LogP contribution >= 0.6 is 43.5 Å². The van der Waals surface area contributed by atoms with E-state index in [1.54, 1.807) is 6.07 Å². The minimum atomic E-state index is -0.0789. The molecule has 1 nitrogen and oxygen atoms in total. The average molecular weight is 312 g/mol. The lowest BCUT2D eigenvalue weighted by atomic mass is 10.1. The van der Waals surface area contributed by atoms with Crippen molar-refractivity contribution < 1.29 is 4.79 Å². The van der Waals surface area contributed by atoms with Gasteiger partial charge in [-0.15, -0.1) is 11.6 Å². The van der Waals surface area contributed by atoms with Gasteiger partial charge in [-0.3, -0.25) is 4.79 Å². The molecule has 1 aromatic rings. The van der Waals surface area contributed by atoms with Crippen LogP contribution in [0.5, 0.6) is 0 Å². The molecule has 0 unspecified atom stereocenters. The molecule has 0 bridgehead atoms. The smallest absolute Gasteiger partial charge is 0.178 e. The fourth-order valence-corrected chi connectivity index (χ4v) is 1.76. The van der Waals surface area contributed by atoms with Crippen molar-refractivity contribution in [1.82, 2.24) is 0 Å². The Kier molecular flexibility index (Phi) is 3.75. The van der Waals surface area contributed by atoms with Gasteiger partial charge in [0, 0.05) is 14.5 Å². The Labute approximate surface area is 92.4 Å². The SMILES string of the molecule is O=C(CCl)c1cc(Br)ccc1Br. The van der Waals surface area contributed by atoms with Crippen LogP contribution in [0.1, 0.15) is 10.4 Å². The van der Waals surface area contributed by atoms with Crippen LogP contribution < -0.4 is 0 Å². The lowest BCUT2D eigenvalue weighted by Crippen LogP contribution is -2.00. The van der Waals surface area contributed by atoms with Crippen LogP contribution in [0.3, 0.4) is 0 Å². The summed E-state index contributed by atoms with van der Waals surface area (Å²) in [6.45, 7) is 0. The highest BCUT2D eigenvalue weighted by Gasteiger charge is 2.08. The van der Waals surface area contributed by atoms with Crippen LogP contribution in [0.25, 0.3) is 0 Å². The number of hydrogen-bond acceptors (Lipinski definition) is 1. The molecule has 0 aliphatic rings. The summed E-state index contributed by atoms with van der Waals surface area (Å²) >= 11 is 12.0. The Morgan fingerprint density at radius 3 is 2.67 bits per heavy atom. The number of rotatable bonds is 2. The lowest BCUT2D eigenvalue weighted by molar-refractivity contribution is 0.102. The second-order valence-electron chi connectivity index (χ2n) is 2.18. The molecule has 12 heavy (non-hydrogen) atoms. The van der Waals surface area contributed by atoms with Crippen LogP contribution in [0, 0.1) is 0 Å². The summed E-state index contributed by atoms with van der Waals surface area (Å²) in [5.41, 5.74) is 0.611. The zero-order valence-corrected chi connectivity index (χ0v) is 9.91. The second-order valence-corrected chi connectivity index (χ2v) is 4.22. The minimum absolute atomic E-state index is 0.00898. The molecule has 0 radical (unpaired) electrons. The Morgan fingerprint density at radius 1 is 1.42 bits per heavy atom. The largest absolute Gasteiger partial charge is 0.293 e. The van der Waals surface area contributed by atoms with Crippen molar-refractivity contribution in [2.75, 3.05) is 5.88 Å². The van der Waals surface area contributed by atoms with Crippen molar-refractivity contribution in [1.29, 1.82) is 0 Å². The molecule has 4 heteroatoms. The number of Topliss-reactive ketones (excluding diaryl/α,β-unsaturated/α-hetero) is 1. The van der Waals surface area contributed by atoms with Crippen LogP contribution in [0.4, 0.5) is 0 Å². The van der Waals surface area contributed by atoms with Gasteiger partial charge >= 0.3 is 0 Å². The molecule has 0 saturated carbocycles. The summed E-state index contributed by atoms with van der Waals surface area (Å²) in [5.74, 6) is -0.0699. The van der Waals surface area contributed by atoms with E-state index in [9.17, 15) is 4.79 Å². The van der Waals surface area contributed by atoms with Gasteiger partial charge in [0.15, 0.2) is 5.78 Å². The first kappa shape index (κ1) is 10.2. The van der Waals surface area contributed by atoms with Crippen LogP contribution in [0.2, 0.25) is 0 Å². The van der Waals surface area contributed by atoms with Crippen molar-refractivity contribution in [3.8, 4) is 0 Å². The molecule has 64 valence electrons. The molecule has 1 rings (SSSR count). The quantitative estimate of drug-likeness (QED) is 0.602. The summed E-state index contributed by atoms with van der Waals surface area (Å²) in [5, 5.41) is 0. The third-order valence-corrected chi connectivity index (χ3v) is 2.78. The van der Waals surface area contributed by atoms with E-state index in [4.69, 9.17) is 11.6 Å². The van der Waals surface area contributed by atoms with Crippen molar-refractivity contribution in [2.24, 2.45) is 0 Å². The molecule has 0 amide bonds. The van der Waals surface area contributed by atoms with E-state index in [-0.39, 0.29) is 11.7 Å². The number of benzene rings is 1. The normalized spacial score (nSPS) is 9.92. The summed E-state index contributed by atoms with van der Waals surface area (Å²) in [4.78, 5) is 11.2. The number of hydrogen-bond donors (Lipinski definition) is 0. The third-order valence-electron chi connectivity index (χ3n) is 1.35. The third kappa shape index (κ3) is 2.31. The highest BCUT2D eigenvalue weighted by atomic mass is 79.9. The van der Waals surface area contributed by atoms with E-state index in [2.05, 4.69) is 31.9 Å². The zero-order valence-electron chi connectivity index (χ0n) is 5.98. The van der Waals surface area contributed by atoms with E-state index in [1.807, 2.05) is 12.1 Å². The topological polar surface area (TPSA) is 17.1 Å². The summed E-state index contributed by atoms with van der Waals surface area (Å²) in [6, 6.07) is 5.41. The maximum absolute atomic E-state index is 11.2. The predicted octanol–water partition coefficient (Wildman–Crippen LogP) is 3.63. The van der Waals surface area contributed by atoms with Gasteiger partial charge in [-0.25, -0.2) is 0 Å². The van der Waals surface area contributed by atoms with Crippen LogP contribution in [-0.4, -0.2) is 11.7 Å². The highest BCUT2D eigenvalue weighted by Crippen LogP contribution is 2.22. The van der Waals surface area contributed by atoms with E-state index in [1.165, 1.54) is 0 Å². The van der Waals surface area contributed by atoms with Crippen molar-refractivity contribution in [2.45, 2.75) is 0 Å². The average Bonchev–Trinajstić information content (AvgIpc) is 2.08. The predicted molar refractivity (Wildman–Crippen MR) is 56.9 cm³/mol. The van der Waals surface area contributed by atoms with Gasteiger partial charge in [-0.2, -0.15) is 0 Å². The Bertz CT molecular complexity index is 312. The first-order chi connectivity index (χ1) is 5.65. The van der Waals surface area contributed by atoms with Crippen molar-refractivity contribution in [3.05, 3.63) is 32.7 Å². The second kappa shape index (κ2) is 4.40. The zero-order chi connectivity index (χ0) is 9.14. The van der Waals surface area contributed by atoms with E-state index in [0.717, 1.165) is 8.95 Å². The summed E-state index contributed by atoms with van der Waals surface area (Å²) < 4.78 is 1.65. The first-order valence-electron chi connectivity index (χ1n) is 3.19. The fraction of sp³-hybridized carbons (Fsp3) is 0.125. The van der Waals surface area contributed by atoms with Gasteiger partial charge in [0.05, 0.1) is 5.88 Å². The standard InChI is InChI=1S/C8H5Br2ClO/c9-5-1-2-7(10)6(3-5)8(12)4-11/h1-3H,4H2. The summed E-state index contributed by atoms with van der Waals surface area (Å²) in [7, 11) is 0. The molecule has 0 aliphatic heterocycles. The number of ketones is 1. The molecule has 0 atom stereocenters. The van der Waals surface area contributed by atoms with Crippen molar-refractivity contribution >= 4 is 49.2 Å². The number of halogens is 3. The maximum atomic E-state index is 11.2. The van der Waals surface area contributed by atoms with Gasteiger partial charge in [0.2, 0.25) is 0 Å². The first-order valence-corrected chi connectivity index (χ1v) is 5.31. The Balaban J connectivity index is 3.13. The van der Waals surface area contributed by atoms with E-state index >= 15 is 0 Å². The van der Waals surface area contributed by atoms with Gasteiger partial charge in [0.1, 0.15) is 0 Å². The summed E-state index contributed by atoms with van der Waals surface area (Å²) in [6.07, 6.45) is 0. The van der Waals surface area contributed by atoms with Crippen LogP contribution in [-0.2, 0) is 0 Å². The number of carbonyl (C=O) groups is 1. The molecule has 1 aromatic carbocycles. The molecule has 0 N–H and O–H groups in total. The van der Waals surface area contributed by atoms with E-state index in [0.29, 0.717) is 5.56 Å². The fourth-order valence-electron chi connectivity index (χ4n) is 0.783. The highest BCUT2D eigenvalue weighted by molar-refractivity contribution is 9.11. The van der Waals surface area contributed by atoms with Gasteiger partial charge in [0.25, 0.3) is 0 Å². The monoisotopic (exact) mass is 310 g/mol. The molecule has 0 aliphatic carbocycles. The molecule has 0 fully saturated rings. The van der Waals surface area contributed by atoms with Crippen LogP contribution in [0.15, 0.2) is 27.1 Å². The van der Waals surface area contributed by atoms with Crippen molar-refractivity contribution in [3.63, 3.8) is 0 Å². The minimum Gasteiger partial charge on any atom is -0.293 e.